The third kappa shape index (κ3) is 5.78. The van der Waals surface area contributed by atoms with Gasteiger partial charge in [0.1, 0.15) is 5.75 Å². The summed E-state index contributed by atoms with van der Waals surface area (Å²) >= 11 is 0. The molecular formula is C26H29NO2. The van der Waals surface area contributed by atoms with Gasteiger partial charge in [0.15, 0.2) is 0 Å². The Hall–Kier alpha value is -2.91. The topological polar surface area (TPSA) is 41.8 Å². The van der Waals surface area contributed by atoms with Crippen LogP contribution in [0.4, 0.5) is 0 Å². The molecule has 3 heteroatoms. The molecule has 2 aromatic rings. The number of aliphatic hydroxyl groups is 1. The molecule has 0 atom stereocenters. The van der Waals surface area contributed by atoms with Gasteiger partial charge < -0.3 is 9.84 Å². The Labute approximate surface area is 173 Å². The van der Waals surface area contributed by atoms with E-state index >= 15 is 0 Å². The molecule has 0 saturated heterocycles. The van der Waals surface area contributed by atoms with Crippen LogP contribution in [0.15, 0.2) is 78.5 Å². The van der Waals surface area contributed by atoms with E-state index in [4.69, 9.17) is 4.74 Å². The molecule has 1 aliphatic carbocycles. The van der Waals surface area contributed by atoms with Gasteiger partial charge in [-0.25, -0.2) is 0 Å². The normalized spacial score (nSPS) is 16.0. The molecule has 0 heterocycles. The lowest BCUT2D eigenvalue weighted by atomic mass is 9.75. The van der Waals surface area contributed by atoms with E-state index in [9.17, 15) is 5.11 Å². The highest BCUT2D eigenvalue weighted by Gasteiger charge is 2.35. The van der Waals surface area contributed by atoms with Gasteiger partial charge in [0.25, 0.3) is 0 Å². The molecule has 3 nitrogen and oxygen atoms in total. The second-order valence-electron chi connectivity index (χ2n) is 7.70. The summed E-state index contributed by atoms with van der Waals surface area (Å²) in [6.45, 7) is 8.13. The first-order valence-electron chi connectivity index (χ1n) is 10.1. The number of ether oxygens (including phenoxy) is 1. The smallest absolute Gasteiger partial charge is 0.119 e. The number of rotatable bonds is 8. The molecule has 3 rings (SSSR count). The zero-order chi connectivity index (χ0) is 20.7. The van der Waals surface area contributed by atoms with Crippen LogP contribution < -0.4 is 4.74 Å². The monoisotopic (exact) mass is 387 g/mol. The Kier molecular flexibility index (Phi) is 6.84. The highest BCUT2D eigenvalue weighted by Crippen LogP contribution is 2.41. The second-order valence-corrected chi connectivity index (χ2v) is 7.70. The molecule has 1 aliphatic rings. The number of allylic oxidation sites excluding steroid dienone is 3. The molecule has 2 aromatic carbocycles. The first-order chi connectivity index (χ1) is 14.0. The van der Waals surface area contributed by atoms with Crippen LogP contribution in [0, 0.1) is 0 Å². The van der Waals surface area contributed by atoms with Crippen molar-refractivity contribution in [2.24, 2.45) is 4.99 Å². The van der Waals surface area contributed by atoms with Crippen LogP contribution in [0.2, 0.25) is 0 Å². The third-order valence-electron chi connectivity index (χ3n) is 5.05. The van der Waals surface area contributed by atoms with E-state index in [0.29, 0.717) is 0 Å². The van der Waals surface area contributed by atoms with Gasteiger partial charge in [-0.3, -0.25) is 4.99 Å². The van der Waals surface area contributed by atoms with Crippen LogP contribution in [-0.2, 0) is 5.60 Å². The zero-order valence-electron chi connectivity index (χ0n) is 17.2. The van der Waals surface area contributed by atoms with Gasteiger partial charge >= 0.3 is 0 Å². The van der Waals surface area contributed by atoms with Crippen molar-refractivity contribution in [3.8, 4) is 5.75 Å². The molecule has 1 N–H and O–H groups in total. The van der Waals surface area contributed by atoms with Crippen LogP contribution in [0.3, 0.4) is 0 Å². The molecule has 0 aromatic heterocycles. The molecule has 0 radical (unpaired) electrons. The predicted octanol–water partition coefficient (Wildman–Crippen LogP) is 6.16. The fraction of sp³-hybridized carbons (Fsp3) is 0.269. The lowest BCUT2D eigenvalue weighted by molar-refractivity contribution is -0.0387. The summed E-state index contributed by atoms with van der Waals surface area (Å²) in [6.07, 6.45) is 12.2. The summed E-state index contributed by atoms with van der Waals surface area (Å²) in [4.78, 5) is 4.27. The van der Waals surface area contributed by atoms with E-state index in [1.54, 1.807) is 12.4 Å². The number of benzene rings is 2. The molecule has 0 unspecified atom stereocenters. The van der Waals surface area contributed by atoms with E-state index in [0.717, 1.165) is 47.3 Å². The Morgan fingerprint density at radius 1 is 1.10 bits per heavy atom. The summed E-state index contributed by atoms with van der Waals surface area (Å²) < 4.78 is 5.63. The van der Waals surface area contributed by atoms with Gasteiger partial charge in [-0.05, 0) is 79.7 Å². The van der Waals surface area contributed by atoms with E-state index in [1.807, 2.05) is 80.6 Å². The summed E-state index contributed by atoms with van der Waals surface area (Å²) in [6, 6.07) is 16.0. The Balaban J connectivity index is 1.49. The van der Waals surface area contributed by atoms with Crippen LogP contribution >= 0.6 is 0 Å². The number of aliphatic imine (C=N–C) groups is 1. The first-order valence-corrected chi connectivity index (χ1v) is 10.1. The lowest BCUT2D eigenvalue weighted by Crippen LogP contribution is -2.33. The molecule has 1 saturated carbocycles. The van der Waals surface area contributed by atoms with E-state index in [2.05, 4.69) is 11.6 Å². The van der Waals surface area contributed by atoms with Gasteiger partial charge in [-0.15, -0.1) is 0 Å². The quantitative estimate of drug-likeness (QED) is 0.435. The fourth-order valence-electron chi connectivity index (χ4n) is 3.21. The molecule has 150 valence electrons. The number of nitrogens with zero attached hydrogens (tertiary/aromatic N) is 1. The van der Waals surface area contributed by atoms with Crippen molar-refractivity contribution in [2.45, 2.75) is 44.8 Å². The Morgan fingerprint density at radius 2 is 1.79 bits per heavy atom. The van der Waals surface area contributed by atoms with E-state index in [1.165, 1.54) is 0 Å². The standard InChI is InChI=1S/C26H29NO2/c1-20(2)29-25-13-7-22(8-14-25)15-19-27-18-4-6-21(3)23-9-11-24(12-10-23)26(28)16-5-17-26/h4,6-15,18-20,28H,3,5,16-17H2,1-2H3/b6-4-,19-15+,27-18+. The molecule has 0 aliphatic heterocycles. The highest BCUT2D eigenvalue weighted by atomic mass is 16.5. The van der Waals surface area contributed by atoms with Gasteiger partial charge in [-0.2, -0.15) is 0 Å². The molecular weight excluding hydrogens is 358 g/mol. The van der Waals surface area contributed by atoms with Gasteiger partial charge in [0.2, 0.25) is 0 Å². The van der Waals surface area contributed by atoms with Gasteiger partial charge in [0, 0.05) is 12.4 Å². The van der Waals surface area contributed by atoms with Crippen molar-refractivity contribution in [3.63, 3.8) is 0 Å². The average Bonchev–Trinajstić information content (AvgIpc) is 2.69. The minimum atomic E-state index is -0.615. The largest absolute Gasteiger partial charge is 0.491 e. The highest BCUT2D eigenvalue weighted by molar-refractivity contribution is 5.80. The number of hydrogen-bond acceptors (Lipinski definition) is 3. The predicted molar refractivity (Wildman–Crippen MR) is 122 cm³/mol. The maximum atomic E-state index is 10.4. The summed E-state index contributed by atoms with van der Waals surface area (Å²) in [5.41, 5.74) is 3.41. The minimum Gasteiger partial charge on any atom is -0.491 e. The van der Waals surface area contributed by atoms with Crippen molar-refractivity contribution in [1.82, 2.24) is 0 Å². The van der Waals surface area contributed by atoms with Crippen molar-refractivity contribution in [1.29, 1.82) is 0 Å². The van der Waals surface area contributed by atoms with Gasteiger partial charge in [-0.1, -0.05) is 49.1 Å². The maximum absolute atomic E-state index is 10.4. The molecule has 0 amide bonds. The van der Waals surface area contributed by atoms with Crippen LogP contribution in [-0.4, -0.2) is 17.4 Å². The molecule has 0 spiro atoms. The third-order valence-corrected chi connectivity index (χ3v) is 5.05. The van der Waals surface area contributed by atoms with Crippen molar-refractivity contribution in [3.05, 3.63) is 90.2 Å². The van der Waals surface area contributed by atoms with Crippen LogP contribution in [0.1, 0.15) is 49.8 Å². The summed E-state index contributed by atoms with van der Waals surface area (Å²) in [5.74, 6) is 0.872. The summed E-state index contributed by atoms with van der Waals surface area (Å²) in [5, 5.41) is 10.4. The van der Waals surface area contributed by atoms with Gasteiger partial charge in [0.05, 0.1) is 11.7 Å². The molecule has 29 heavy (non-hydrogen) atoms. The number of hydrogen-bond donors (Lipinski definition) is 1. The molecule has 0 bridgehead atoms. The summed E-state index contributed by atoms with van der Waals surface area (Å²) in [7, 11) is 0. The van der Waals surface area contributed by atoms with Crippen molar-refractivity contribution >= 4 is 17.9 Å². The van der Waals surface area contributed by atoms with Crippen LogP contribution in [0.5, 0.6) is 5.75 Å². The second kappa shape index (κ2) is 9.53. The SMILES string of the molecule is C=C(\C=C/C=N/C=C/c1ccc(OC(C)C)cc1)c1ccc(C2(O)CCC2)cc1. The molecule has 1 fully saturated rings. The van der Waals surface area contributed by atoms with Crippen molar-refractivity contribution in [2.75, 3.05) is 0 Å². The first kappa shape index (κ1) is 20.8. The Morgan fingerprint density at radius 3 is 2.38 bits per heavy atom. The van der Waals surface area contributed by atoms with E-state index in [-0.39, 0.29) is 6.10 Å². The fourth-order valence-corrected chi connectivity index (χ4v) is 3.21. The maximum Gasteiger partial charge on any atom is 0.119 e. The Bertz CT molecular complexity index is 899. The van der Waals surface area contributed by atoms with E-state index < -0.39 is 5.60 Å². The lowest BCUT2D eigenvalue weighted by Gasteiger charge is -2.37. The average molecular weight is 388 g/mol. The van der Waals surface area contributed by atoms with Crippen LogP contribution in [0.25, 0.3) is 11.6 Å². The van der Waals surface area contributed by atoms with Crippen molar-refractivity contribution < 1.29 is 9.84 Å². The zero-order valence-corrected chi connectivity index (χ0v) is 17.2. The minimum absolute atomic E-state index is 0.175.